The van der Waals surface area contributed by atoms with E-state index in [1.165, 1.54) is 0 Å². The zero-order valence-corrected chi connectivity index (χ0v) is 35.0. The van der Waals surface area contributed by atoms with Gasteiger partial charge in [-0.05, 0) is 77.8 Å². The number of hydrogen-bond donors (Lipinski definition) is 5. The number of nitrogens with zero attached hydrogens (tertiary/aromatic N) is 2. The van der Waals surface area contributed by atoms with Crippen LogP contribution in [0.25, 0.3) is 11.1 Å². The fraction of sp³-hybridized carbons (Fsp3) is 0.340. The zero-order chi connectivity index (χ0) is 42.9. The van der Waals surface area contributed by atoms with Gasteiger partial charge in [0.05, 0.1) is 36.9 Å². The number of rotatable bonds is 15. The Bertz CT molecular complexity index is 2300. The first-order valence-electron chi connectivity index (χ1n) is 21.7. The maximum absolute atomic E-state index is 13.3. The number of aliphatic hydroxyl groups is 1. The highest BCUT2D eigenvalue weighted by Gasteiger charge is 2.50. The number of unbranched alkanes of at least 4 members (excludes halogenated alkanes) is 1. The van der Waals surface area contributed by atoms with Gasteiger partial charge in [0.2, 0.25) is 17.7 Å². The second kappa shape index (κ2) is 19.8. The maximum atomic E-state index is 13.3. The van der Waals surface area contributed by atoms with Crippen LogP contribution in [0.5, 0.6) is 0 Å². The van der Waals surface area contributed by atoms with Gasteiger partial charge in [0.1, 0.15) is 5.54 Å². The van der Waals surface area contributed by atoms with Gasteiger partial charge in [0.15, 0.2) is 6.29 Å². The lowest BCUT2D eigenvalue weighted by Crippen LogP contribution is -2.57. The number of benzene rings is 5. The first-order valence-corrected chi connectivity index (χ1v) is 21.7. The predicted molar refractivity (Wildman–Crippen MR) is 240 cm³/mol. The number of aliphatic hydroxyl groups excluding tert-OH is 1. The Morgan fingerprint density at radius 2 is 1.47 bits per heavy atom. The van der Waals surface area contributed by atoms with Crippen LogP contribution in [0.4, 0.5) is 17.1 Å². The van der Waals surface area contributed by atoms with Crippen LogP contribution >= 0.6 is 0 Å². The molecule has 0 unspecified atom stereocenters. The molecule has 62 heavy (non-hydrogen) atoms. The lowest BCUT2D eigenvalue weighted by atomic mass is 9.85. The summed E-state index contributed by atoms with van der Waals surface area (Å²) in [6.45, 7) is 3.14. The minimum Gasteiger partial charge on any atom is -0.397 e. The molecule has 0 aromatic heterocycles. The molecule has 12 heteroatoms. The molecular formula is C50H56N6O6. The number of anilines is 3. The van der Waals surface area contributed by atoms with E-state index in [2.05, 4.69) is 56.1 Å². The van der Waals surface area contributed by atoms with Crippen LogP contribution < -0.4 is 26.6 Å². The molecule has 3 saturated heterocycles. The van der Waals surface area contributed by atoms with Crippen molar-refractivity contribution in [1.29, 1.82) is 0 Å². The molecular weight excluding hydrogens is 781 g/mol. The third-order valence-electron chi connectivity index (χ3n) is 12.4. The number of amides is 3. The Kier molecular flexibility index (Phi) is 13.6. The number of nitrogen functional groups attached to an aromatic ring is 1. The second-order valence-corrected chi connectivity index (χ2v) is 16.5. The zero-order valence-electron chi connectivity index (χ0n) is 35.0. The summed E-state index contributed by atoms with van der Waals surface area (Å²) in [6.07, 6.45) is 3.01. The summed E-state index contributed by atoms with van der Waals surface area (Å²) in [6, 6.07) is 41.5. The Morgan fingerprint density at radius 1 is 0.790 bits per heavy atom. The van der Waals surface area contributed by atoms with Gasteiger partial charge >= 0.3 is 0 Å². The van der Waals surface area contributed by atoms with Crippen LogP contribution in [0.2, 0.25) is 0 Å². The largest absolute Gasteiger partial charge is 0.397 e. The van der Waals surface area contributed by atoms with Crippen molar-refractivity contribution in [2.75, 3.05) is 42.3 Å². The van der Waals surface area contributed by atoms with Gasteiger partial charge in [-0.15, -0.1) is 0 Å². The van der Waals surface area contributed by atoms with E-state index in [4.69, 9.17) is 15.2 Å². The van der Waals surface area contributed by atoms with E-state index in [1.807, 2.05) is 84.9 Å². The first kappa shape index (κ1) is 42.6. The number of ether oxygens (including phenoxy) is 2. The molecule has 8 rings (SSSR count). The number of nitrogens with two attached hydrogens (primary N) is 1. The van der Waals surface area contributed by atoms with E-state index in [-0.39, 0.29) is 36.5 Å². The highest BCUT2D eigenvalue weighted by Crippen LogP contribution is 2.41. The SMILES string of the molecule is Nc1ccccc1NC(=O)CCCCC(=O)NCc1ccccc1-c1ccc([C@H]2O[C@@H](CN3CCC4(CC3)C(=O)NCN4c3ccccc3)C[C@@H](c3ccc(CO)cc3)O2)cc1. The Balaban J connectivity index is 0.886. The first-order chi connectivity index (χ1) is 30.3. The molecule has 3 aliphatic heterocycles. The molecule has 5 aromatic rings. The quantitative estimate of drug-likeness (QED) is 0.0543. The third kappa shape index (κ3) is 10.0. The van der Waals surface area contributed by atoms with Gasteiger partial charge in [-0.3, -0.25) is 14.4 Å². The van der Waals surface area contributed by atoms with E-state index >= 15 is 0 Å². The van der Waals surface area contributed by atoms with Gasteiger partial charge in [0.25, 0.3) is 0 Å². The molecule has 3 heterocycles. The Labute approximate surface area is 363 Å². The van der Waals surface area contributed by atoms with Crippen LogP contribution in [-0.2, 0) is 37.0 Å². The van der Waals surface area contributed by atoms with Gasteiger partial charge in [0, 0.05) is 56.7 Å². The molecule has 3 aliphatic rings. The third-order valence-corrected chi connectivity index (χ3v) is 12.4. The smallest absolute Gasteiger partial charge is 0.247 e. The number of nitrogens with one attached hydrogen (secondary N) is 3. The molecule has 0 radical (unpaired) electrons. The molecule has 0 bridgehead atoms. The molecule has 12 nitrogen and oxygen atoms in total. The van der Waals surface area contributed by atoms with Crippen LogP contribution in [0, 0.1) is 0 Å². The molecule has 3 fully saturated rings. The number of carbonyl (C=O) groups is 3. The molecule has 3 atom stereocenters. The number of piperidine rings is 1. The fourth-order valence-corrected chi connectivity index (χ4v) is 8.91. The van der Waals surface area contributed by atoms with E-state index < -0.39 is 11.8 Å². The summed E-state index contributed by atoms with van der Waals surface area (Å²) >= 11 is 0. The summed E-state index contributed by atoms with van der Waals surface area (Å²) in [5.74, 6) is -0.0834. The average molecular weight is 837 g/mol. The van der Waals surface area contributed by atoms with E-state index in [1.54, 1.807) is 12.1 Å². The number of carbonyl (C=O) groups excluding carboxylic acids is 3. The van der Waals surface area contributed by atoms with E-state index in [9.17, 15) is 19.5 Å². The normalized spacial score (nSPS) is 19.9. The summed E-state index contributed by atoms with van der Waals surface area (Å²) in [4.78, 5) is 43.2. The minimum absolute atomic E-state index is 0.0216. The highest BCUT2D eigenvalue weighted by atomic mass is 16.7. The number of para-hydroxylation sites is 3. The van der Waals surface area contributed by atoms with Gasteiger partial charge < -0.3 is 46.1 Å². The van der Waals surface area contributed by atoms with Crippen molar-refractivity contribution in [2.45, 2.75) is 82.1 Å². The second-order valence-electron chi connectivity index (χ2n) is 16.5. The van der Waals surface area contributed by atoms with Crippen LogP contribution in [0.1, 0.15) is 79.6 Å². The summed E-state index contributed by atoms with van der Waals surface area (Å²) in [7, 11) is 0. The Morgan fingerprint density at radius 3 is 2.21 bits per heavy atom. The van der Waals surface area contributed by atoms with Crippen molar-refractivity contribution in [2.24, 2.45) is 0 Å². The highest BCUT2D eigenvalue weighted by molar-refractivity contribution is 5.94. The molecule has 1 spiro atoms. The van der Waals surface area contributed by atoms with E-state index in [0.29, 0.717) is 63.2 Å². The molecule has 0 aliphatic carbocycles. The maximum Gasteiger partial charge on any atom is 0.247 e. The van der Waals surface area contributed by atoms with Crippen LogP contribution in [-0.4, -0.2) is 65.7 Å². The van der Waals surface area contributed by atoms with Crippen molar-refractivity contribution in [1.82, 2.24) is 15.5 Å². The van der Waals surface area contributed by atoms with Gasteiger partial charge in [-0.2, -0.15) is 0 Å². The van der Waals surface area contributed by atoms with Crippen molar-refractivity contribution in [3.05, 3.63) is 150 Å². The topological polar surface area (TPSA) is 158 Å². The monoisotopic (exact) mass is 836 g/mol. The van der Waals surface area contributed by atoms with Crippen molar-refractivity contribution >= 4 is 34.8 Å². The number of hydrogen-bond acceptors (Lipinski definition) is 9. The summed E-state index contributed by atoms with van der Waals surface area (Å²) < 4.78 is 13.4. The fourth-order valence-electron chi connectivity index (χ4n) is 8.91. The summed E-state index contributed by atoms with van der Waals surface area (Å²) in [5.41, 5.74) is 13.4. The minimum atomic E-state index is -0.604. The van der Waals surface area contributed by atoms with Crippen LogP contribution in [0.15, 0.2) is 127 Å². The molecule has 0 saturated carbocycles. The van der Waals surface area contributed by atoms with Crippen molar-refractivity contribution in [3.63, 3.8) is 0 Å². The van der Waals surface area contributed by atoms with Gasteiger partial charge in [-0.25, -0.2) is 0 Å². The molecule has 6 N–H and O–H groups in total. The molecule has 3 amide bonds. The van der Waals surface area contributed by atoms with E-state index in [0.717, 1.165) is 65.0 Å². The lowest BCUT2D eigenvalue weighted by Gasteiger charge is -2.45. The Hall–Kier alpha value is -6.05. The standard InChI is InChI=1S/C50H56N6O6/c51-43-14-6-7-15-44(43)54-47(59)17-9-8-16-46(58)52-31-39-10-4-5-13-42(39)36-22-24-38(25-23-36)48-61-41(30-45(62-48)37-20-18-35(33-57)19-21-37)32-55-28-26-50(27-29-55)49(60)53-34-56(50)40-11-2-1-3-12-40/h1-7,10-15,18-25,41,45,48,57H,8-9,16-17,26-34,51H2,(H,52,58)(H,53,60)(H,54,59)/t41-,45+,48+/m1/s1. The van der Waals surface area contributed by atoms with Crippen molar-refractivity contribution in [3.8, 4) is 11.1 Å². The predicted octanol–water partition coefficient (Wildman–Crippen LogP) is 7.22. The van der Waals surface area contributed by atoms with Crippen molar-refractivity contribution < 1.29 is 29.0 Å². The van der Waals surface area contributed by atoms with Gasteiger partial charge in [-0.1, -0.05) is 103 Å². The molecule has 5 aromatic carbocycles. The lowest BCUT2D eigenvalue weighted by molar-refractivity contribution is -0.253. The molecule has 322 valence electrons. The van der Waals surface area contributed by atoms with Crippen LogP contribution in [0.3, 0.4) is 0 Å². The summed E-state index contributed by atoms with van der Waals surface area (Å²) in [5, 5.41) is 18.7. The number of likely N-dealkylation sites (tertiary alicyclic amines) is 1. The average Bonchev–Trinajstić information content (AvgIpc) is 3.63.